The third-order valence-electron chi connectivity index (χ3n) is 7.51. The number of halogens is 2. The minimum absolute atomic E-state index is 0.178. The summed E-state index contributed by atoms with van der Waals surface area (Å²) in [6.45, 7) is 1.41. The van der Waals surface area contributed by atoms with Crippen LogP contribution in [0.3, 0.4) is 0 Å². The molecule has 3 aliphatic rings. The maximum Gasteiger partial charge on any atom is 0.325 e. The van der Waals surface area contributed by atoms with E-state index < -0.39 is 23.2 Å². The van der Waals surface area contributed by atoms with E-state index in [1.54, 1.807) is 29.4 Å². The van der Waals surface area contributed by atoms with Crippen LogP contribution in [0.25, 0.3) is 0 Å². The van der Waals surface area contributed by atoms with Crippen LogP contribution in [0.4, 0.5) is 13.6 Å². The Morgan fingerprint density at radius 3 is 2.50 bits per heavy atom. The van der Waals surface area contributed by atoms with Crippen LogP contribution in [0.5, 0.6) is 0 Å². The van der Waals surface area contributed by atoms with E-state index in [1.807, 2.05) is 0 Å². The molecule has 0 aliphatic carbocycles. The first-order valence-electron chi connectivity index (χ1n) is 12.3. The number of hydrogen-bond acceptors (Lipinski definition) is 5. The van der Waals surface area contributed by atoms with E-state index in [0.29, 0.717) is 38.1 Å². The normalized spacial score (nSPS) is 24.9. The molecule has 0 bridgehead atoms. The lowest BCUT2D eigenvalue weighted by Crippen LogP contribution is -2.54. The van der Waals surface area contributed by atoms with Gasteiger partial charge in [-0.2, -0.15) is 0 Å². The van der Waals surface area contributed by atoms with Crippen molar-refractivity contribution in [3.63, 3.8) is 0 Å². The van der Waals surface area contributed by atoms with Crippen molar-refractivity contribution in [2.75, 3.05) is 26.2 Å². The zero-order valence-electron chi connectivity index (χ0n) is 19.8. The summed E-state index contributed by atoms with van der Waals surface area (Å²) in [6.07, 6.45) is 5.19. The third kappa shape index (κ3) is 4.34. The highest BCUT2D eigenvalue weighted by atomic mass is 19.1. The minimum atomic E-state index is -1.29. The fraction of sp³-hybridized carbons (Fsp3) is 0.462. The number of aromatic nitrogens is 1. The first-order valence-corrected chi connectivity index (χ1v) is 12.3. The van der Waals surface area contributed by atoms with Gasteiger partial charge in [-0.1, -0.05) is 12.1 Å². The average Bonchev–Trinajstić information content (AvgIpc) is 3.50. The molecular weight excluding hydrogens is 470 g/mol. The maximum atomic E-state index is 14.0. The molecule has 1 aromatic carbocycles. The number of hydrogen-bond donors (Lipinski definition) is 1. The Morgan fingerprint density at radius 1 is 1.11 bits per heavy atom. The quantitative estimate of drug-likeness (QED) is 0.619. The topological polar surface area (TPSA) is 91.8 Å². The fourth-order valence-corrected chi connectivity index (χ4v) is 5.58. The molecule has 3 fully saturated rings. The van der Waals surface area contributed by atoms with Gasteiger partial charge in [0.05, 0.1) is 19.1 Å². The SMILES string of the molecule is O=C(Cc1c(F)cccc1F)N1CCC([C@@]2(c3cccnc3)NC(=O)N(C[C@@H]3CCCO3)C2=O)CC1. The molecule has 8 nitrogen and oxygen atoms in total. The van der Waals surface area contributed by atoms with Crippen molar-refractivity contribution in [3.8, 4) is 0 Å². The zero-order valence-corrected chi connectivity index (χ0v) is 19.8. The molecule has 2 atom stereocenters. The summed E-state index contributed by atoms with van der Waals surface area (Å²) in [6, 6.07) is 6.56. The van der Waals surface area contributed by atoms with Gasteiger partial charge in [0.1, 0.15) is 11.6 Å². The number of ether oxygens (including phenoxy) is 1. The molecule has 0 unspecified atom stereocenters. The highest BCUT2D eigenvalue weighted by Crippen LogP contribution is 2.41. The Bertz CT molecular complexity index is 1130. The van der Waals surface area contributed by atoms with Crippen LogP contribution < -0.4 is 5.32 Å². The van der Waals surface area contributed by atoms with Gasteiger partial charge in [0.15, 0.2) is 5.54 Å². The number of piperidine rings is 1. The number of carbonyl (C=O) groups is 3. The number of benzene rings is 1. The molecule has 4 heterocycles. The monoisotopic (exact) mass is 498 g/mol. The van der Waals surface area contributed by atoms with Gasteiger partial charge in [0, 0.05) is 43.2 Å². The van der Waals surface area contributed by atoms with Crippen LogP contribution in [0.15, 0.2) is 42.7 Å². The van der Waals surface area contributed by atoms with Gasteiger partial charge < -0.3 is 15.0 Å². The molecule has 10 heteroatoms. The van der Waals surface area contributed by atoms with Crippen molar-refractivity contribution in [1.29, 1.82) is 0 Å². The number of carbonyl (C=O) groups excluding carboxylic acids is 3. The zero-order chi connectivity index (χ0) is 25.3. The highest BCUT2D eigenvalue weighted by Gasteiger charge is 2.57. The lowest BCUT2D eigenvalue weighted by atomic mass is 9.73. The molecule has 0 spiro atoms. The Morgan fingerprint density at radius 2 is 1.86 bits per heavy atom. The van der Waals surface area contributed by atoms with Crippen molar-refractivity contribution >= 4 is 17.8 Å². The number of likely N-dealkylation sites (tertiary alicyclic amines) is 1. The van der Waals surface area contributed by atoms with E-state index in [-0.39, 0.29) is 42.4 Å². The molecule has 3 saturated heterocycles. The summed E-state index contributed by atoms with van der Waals surface area (Å²) >= 11 is 0. The van der Waals surface area contributed by atoms with Gasteiger partial charge in [-0.25, -0.2) is 13.6 Å². The average molecular weight is 499 g/mol. The number of amides is 4. The fourth-order valence-electron chi connectivity index (χ4n) is 5.58. The largest absolute Gasteiger partial charge is 0.376 e. The van der Waals surface area contributed by atoms with E-state index >= 15 is 0 Å². The van der Waals surface area contributed by atoms with Crippen LogP contribution in [0, 0.1) is 17.6 Å². The summed E-state index contributed by atoms with van der Waals surface area (Å²) in [5, 5.41) is 2.97. The molecule has 0 radical (unpaired) electrons. The molecule has 3 aliphatic heterocycles. The number of nitrogens with zero attached hydrogens (tertiary/aromatic N) is 3. The first kappa shape index (κ1) is 24.3. The predicted octanol–water partition coefficient (Wildman–Crippen LogP) is 2.77. The minimum Gasteiger partial charge on any atom is -0.376 e. The van der Waals surface area contributed by atoms with Crippen LogP contribution >= 0.6 is 0 Å². The Labute approximate surface area is 207 Å². The summed E-state index contributed by atoms with van der Waals surface area (Å²) < 4.78 is 33.7. The molecule has 190 valence electrons. The number of urea groups is 1. The van der Waals surface area contributed by atoms with Gasteiger partial charge in [0.25, 0.3) is 5.91 Å². The van der Waals surface area contributed by atoms with E-state index in [9.17, 15) is 23.2 Å². The van der Waals surface area contributed by atoms with Crippen molar-refractivity contribution in [2.24, 2.45) is 5.92 Å². The van der Waals surface area contributed by atoms with Crippen molar-refractivity contribution in [1.82, 2.24) is 20.1 Å². The van der Waals surface area contributed by atoms with Gasteiger partial charge in [-0.15, -0.1) is 0 Å². The molecule has 0 saturated carbocycles. The van der Waals surface area contributed by atoms with Crippen LogP contribution in [0.2, 0.25) is 0 Å². The number of nitrogens with one attached hydrogen (secondary N) is 1. The number of pyridine rings is 1. The first-order chi connectivity index (χ1) is 17.4. The van der Waals surface area contributed by atoms with Crippen LogP contribution in [0.1, 0.15) is 36.8 Å². The van der Waals surface area contributed by atoms with Gasteiger partial charge >= 0.3 is 6.03 Å². The lowest BCUT2D eigenvalue weighted by molar-refractivity contribution is -0.137. The summed E-state index contributed by atoms with van der Waals surface area (Å²) in [4.78, 5) is 46.7. The number of rotatable bonds is 6. The van der Waals surface area contributed by atoms with Crippen molar-refractivity contribution in [3.05, 3.63) is 65.5 Å². The molecule has 4 amide bonds. The second kappa shape index (κ2) is 9.93. The molecule has 2 aromatic rings. The standard InChI is InChI=1S/C26H28F2N4O4/c27-21-6-1-7-22(28)20(21)14-23(33)31-11-8-17(9-12-31)26(18-4-2-10-29-15-18)24(34)32(25(35)30-26)16-19-5-3-13-36-19/h1-2,4,6-7,10,15,17,19H,3,5,8-9,11-14,16H2,(H,30,35)/t19-,26-/m0/s1. The Balaban J connectivity index is 1.34. The number of imide groups is 1. The van der Waals surface area contributed by atoms with Gasteiger partial charge in [0.2, 0.25) is 5.91 Å². The second-order valence-corrected chi connectivity index (χ2v) is 9.56. The molecular formula is C26H28F2N4O4. The van der Waals surface area contributed by atoms with E-state index in [1.165, 1.54) is 11.0 Å². The maximum absolute atomic E-state index is 14.0. The molecule has 5 rings (SSSR count). The lowest BCUT2D eigenvalue weighted by Gasteiger charge is -2.41. The summed E-state index contributed by atoms with van der Waals surface area (Å²) in [7, 11) is 0. The Hall–Kier alpha value is -3.40. The van der Waals surface area contributed by atoms with E-state index in [4.69, 9.17) is 4.74 Å². The van der Waals surface area contributed by atoms with E-state index in [2.05, 4.69) is 10.3 Å². The third-order valence-corrected chi connectivity index (χ3v) is 7.51. The highest BCUT2D eigenvalue weighted by molar-refractivity contribution is 6.07. The molecule has 1 N–H and O–H groups in total. The predicted molar refractivity (Wildman–Crippen MR) is 124 cm³/mol. The summed E-state index contributed by atoms with van der Waals surface area (Å²) in [5.74, 6) is -2.51. The van der Waals surface area contributed by atoms with Crippen molar-refractivity contribution < 1.29 is 27.9 Å². The smallest absolute Gasteiger partial charge is 0.325 e. The second-order valence-electron chi connectivity index (χ2n) is 9.56. The summed E-state index contributed by atoms with van der Waals surface area (Å²) in [5.41, 5.74) is -0.952. The molecule has 36 heavy (non-hydrogen) atoms. The van der Waals surface area contributed by atoms with Gasteiger partial charge in [-0.05, 0) is 49.8 Å². The van der Waals surface area contributed by atoms with E-state index in [0.717, 1.165) is 25.0 Å². The van der Waals surface area contributed by atoms with Crippen molar-refractivity contribution in [2.45, 2.75) is 43.7 Å². The van der Waals surface area contributed by atoms with Crippen LogP contribution in [-0.4, -0.2) is 65.0 Å². The van der Waals surface area contributed by atoms with Crippen LogP contribution in [-0.2, 0) is 26.3 Å². The molecule has 1 aromatic heterocycles. The van der Waals surface area contributed by atoms with Gasteiger partial charge in [-0.3, -0.25) is 19.5 Å². The Kier molecular flexibility index (Phi) is 6.70.